The first kappa shape index (κ1) is 22.5. The van der Waals surface area contributed by atoms with E-state index in [4.69, 9.17) is 0 Å². The van der Waals surface area contributed by atoms with Crippen molar-refractivity contribution in [3.8, 4) is 0 Å². The van der Waals surface area contributed by atoms with Gasteiger partial charge in [0, 0.05) is 25.7 Å². The molecule has 1 aromatic carbocycles. The first-order valence-corrected chi connectivity index (χ1v) is 10.7. The van der Waals surface area contributed by atoms with Crippen LogP contribution in [0.1, 0.15) is 36.5 Å². The molecule has 2 rings (SSSR count). The molecule has 2 N–H and O–H groups in total. The summed E-state index contributed by atoms with van der Waals surface area (Å²) in [6.07, 6.45) is 0.562. The van der Waals surface area contributed by atoms with Crippen molar-refractivity contribution in [2.75, 3.05) is 19.6 Å². The molecule has 158 valence electrons. The van der Waals surface area contributed by atoms with E-state index in [2.05, 4.69) is 21.7 Å². The average Bonchev–Trinajstić information content (AvgIpc) is 2.60. The number of rotatable bonds is 5. The minimum absolute atomic E-state index is 0.142. The maximum absolute atomic E-state index is 12.7. The minimum atomic E-state index is -5.26. The van der Waals surface area contributed by atoms with Crippen LogP contribution in [-0.4, -0.2) is 49.9 Å². The van der Waals surface area contributed by atoms with Crippen molar-refractivity contribution in [2.45, 2.75) is 51.7 Å². The molecule has 1 heterocycles. The van der Waals surface area contributed by atoms with Crippen LogP contribution in [0.2, 0.25) is 0 Å². The predicted molar refractivity (Wildman–Crippen MR) is 103 cm³/mol. The number of piperidine rings is 1. The number of alkyl halides is 3. The maximum Gasteiger partial charge on any atom is 0.511 e. The van der Waals surface area contributed by atoms with Crippen molar-refractivity contribution in [3.63, 3.8) is 0 Å². The predicted octanol–water partition coefficient (Wildman–Crippen LogP) is 2.67. The zero-order chi connectivity index (χ0) is 20.9. The van der Waals surface area contributed by atoms with Crippen LogP contribution < -0.4 is 10.6 Å². The highest BCUT2D eigenvalue weighted by Crippen LogP contribution is 2.28. The Balaban J connectivity index is 1.98. The van der Waals surface area contributed by atoms with Gasteiger partial charge in [0.15, 0.2) is 5.96 Å². The van der Waals surface area contributed by atoms with E-state index in [9.17, 15) is 21.6 Å². The molecule has 0 aliphatic carbocycles. The number of benzene rings is 1. The summed E-state index contributed by atoms with van der Waals surface area (Å²) >= 11 is 0. The van der Waals surface area contributed by atoms with E-state index in [1.54, 1.807) is 0 Å². The van der Waals surface area contributed by atoms with Crippen molar-refractivity contribution >= 4 is 16.0 Å². The summed E-state index contributed by atoms with van der Waals surface area (Å²) in [6, 6.07) is 5.99. The van der Waals surface area contributed by atoms with Crippen LogP contribution in [0.5, 0.6) is 0 Å². The van der Waals surface area contributed by atoms with Crippen LogP contribution in [0, 0.1) is 13.8 Å². The second-order valence-electron chi connectivity index (χ2n) is 6.89. The van der Waals surface area contributed by atoms with Crippen LogP contribution >= 0.6 is 0 Å². The van der Waals surface area contributed by atoms with Gasteiger partial charge in [-0.25, -0.2) is 13.4 Å². The molecule has 0 unspecified atom stereocenters. The van der Waals surface area contributed by atoms with E-state index in [1.807, 2.05) is 32.9 Å². The molecule has 0 atom stereocenters. The van der Waals surface area contributed by atoms with Crippen LogP contribution in [0.4, 0.5) is 13.2 Å². The first-order chi connectivity index (χ1) is 13.0. The van der Waals surface area contributed by atoms with Gasteiger partial charge < -0.3 is 10.6 Å². The third-order valence-electron chi connectivity index (χ3n) is 4.68. The Bertz CT molecular complexity index is 802. The molecule has 10 heteroatoms. The number of sulfonamides is 1. The fourth-order valence-corrected chi connectivity index (χ4v) is 4.07. The van der Waals surface area contributed by atoms with Gasteiger partial charge in [-0.1, -0.05) is 23.8 Å². The van der Waals surface area contributed by atoms with Crippen LogP contribution in [0.3, 0.4) is 0 Å². The van der Waals surface area contributed by atoms with Gasteiger partial charge in [-0.2, -0.15) is 17.5 Å². The van der Waals surface area contributed by atoms with E-state index < -0.39 is 15.5 Å². The molecule has 1 saturated heterocycles. The maximum atomic E-state index is 12.7. The molecule has 0 amide bonds. The molecule has 0 radical (unpaired) electrons. The molecule has 0 spiro atoms. The number of guanidine groups is 1. The summed E-state index contributed by atoms with van der Waals surface area (Å²) in [5, 5.41) is 6.33. The van der Waals surface area contributed by atoms with Crippen LogP contribution in [-0.2, 0) is 16.6 Å². The summed E-state index contributed by atoms with van der Waals surface area (Å²) in [4.78, 5) is 4.56. The zero-order valence-corrected chi connectivity index (χ0v) is 17.1. The smallest absolute Gasteiger partial charge is 0.357 e. The second kappa shape index (κ2) is 9.13. The molecule has 1 aliphatic rings. The Labute approximate surface area is 164 Å². The number of nitrogens with one attached hydrogen (secondary N) is 2. The fraction of sp³-hybridized carbons (Fsp3) is 0.611. The number of aliphatic imine (C=N–C) groups is 1. The van der Waals surface area contributed by atoms with Gasteiger partial charge in [0.05, 0.1) is 6.54 Å². The van der Waals surface area contributed by atoms with Crippen molar-refractivity contribution in [1.82, 2.24) is 14.9 Å². The summed E-state index contributed by atoms with van der Waals surface area (Å²) in [6.45, 7) is 6.74. The van der Waals surface area contributed by atoms with E-state index >= 15 is 0 Å². The van der Waals surface area contributed by atoms with E-state index in [0.717, 1.165) is 11.1 Å². The molecule has 1 aliphatic heterocycles. The number of aryl methyl sites for hydroxylation is 2. The third-order valence-corrected chi connectivity index (χ3v) is 6.31. The van der Waals surface area contributed by atoms with Gasteiger partial charge in [-0.05, 0) is 44.7 Å². The molecule has 0 bridgehead atoms. The Morgan fingerprint density at radius 3 is 2.43 bits per heavy atom. The van der Waals surface area contributed by atoms with Crippen LogP contribution in [0.15, 0.2) is 23.2 Å². The van der Waals surface area contributed by atoms with Gasteiger partial charge >= 0.3 is 15.5 Å². The summed E-state index contributed by atoms with van der Waals surface area (Å²) in [5.41, 5.74) is -1.84. The summed E-state index contributed by atoms with van der Waals surface area (Å²) in [5.74, 6) is 0.569. The van der Waals surface area contributed by atoms with E-state index in [-0.39, 0.29) is 32.0 Å². The number of nitrogens with zero attached hydrogens (tertiary/aromatic N) is 2. The highest BCUT2D eigenvalue weighted by molar-refractivity contribution is 7.90. The number of hydrogen-bond donors (Lipinski definition) is 2. The lowest BCUT2D eigenvalue weighted by Gasteiger charge is -2.32. The third kappa shape index (κ3) is 5.60. The summed E-state index contributed by atoms with van der Waals surface area (Å²) < 4.78 is 61.5. The lowest BCUT2D eigenvalue weighted by Crippen LogP contribution is -2.51. The van der Waals surface area contributed by atoms with Gasteiger partial charge in [-0.15, -0.1) is 0 Å². The molecule has 1 fully saturated rings. The number of halogens is 3. The monoisotopic (exact) mass is 420 g/mol. The Hall–Kier alpha value is -1.81. The topological polar surface area (TPSA) is 73.8 Å². The van der Waals surface area contributed by atoms with Crippen molar-refractivity contribution in [1.29, 1.82) is 0 Å². The van der Waals surface area contributed by atoms with Crippen molar-refractivity contribution in [2.24, 2.45) is 4.99 Å². The standard InChI is InChI=1S/C18H27F3N4O2S/c1-4-22-17(23-12-15-6-5-13(2)11-14(15)3)24-16-7-9-25(10-8-16)28(26,27)18(19,20)21/h5-6,11,16H,4,7-10,12H2,1-3H3,(H2,22,23,24). The Kier molecular flexibility index (Phi) is 7.33. The zero-order valence-electron chi connectivity index (χ0n) is 16.3. The van der Waals surface area contributed by atoms with Crippen molar-refractivity contribution < 1.29 is 21.6 Å². The SMILES string of the molecule is CCNC(=NCc1ccc(C)cc1C)NC1CCN(S(=O)(=O)C(F)(F)F)CC1. The highest BCUT2D eigenvalue weighted by atomic mass is 32.2. The minimum Gasteiger partial charge on any atom is -0.357 e. The van der Waals surface area contributed by atoms with Gasteiger partial charge in [0.25, 0.3) is 0 Å². The molecular weight excluding hydrogens is 393 g/mol. The van der Waals surface area contributed by atoms with Gasteiger partial charge in [0.1, 0.15) is 0 Å². The van der Waals surface area contributed by atoms with Crippen molar-refractivity contribution in [3.05, 3.63) is 34.9 Å². The molecule has 0 aromatic heterocycles. The lowest BCUT2D eigenvalue weighted by atomic mass is 10.1. The normalized spacial score (nSPS) is 17.6. The molecular formula is C18H27F3N4O2S. The Morgan fingerprint density at radius 2 is 1.89 bits per heavy atom. The second-order valence-corrected chi connectivity index (χ2v) is 8.82. The molecule has 6 nitrogen and oxygen atoms in total. The van der Waals surface area contributed by atoms with Gasteiger partial charge in [-0.3, -0.25) is 0 Å². The quantitative estimate of drug-likeness (QED) is 0.567. The number of hydrogen-bond acceptors (Lipinski definition) is 3. The lowest BCUT2D eigenvalue weighted by molar-refractivity contribution is -0.0494. The van der Waals surface area contributed by atoms with Gasteiger partial charge in [0.2, 0.25) is 0 Å². The molecule has 0 saturated carbocycles. The first-order valence-electron chi connectivity index (χ1n) is 9.22. The molecule has 1 aromatic rings. The average molecular weight is 421 g/mol. The highest BCUT2D eigenvalue weighted by Gasteiger charge is 2.50. The largest absolute Gasteiger partial charge is 0.511 e. The Morgan fingerprint density at radius 1 is 1.25 bits per heavy atom. The summed E-state index contributed by atoms with van der Waals surface area (Å²) in [7, 11) is -5.26. The van der Waals surface area contributed by atoms with E-state index in [0.29, 0.717) is 23.4 Å². The fourth-order valence-electron chi connectivity index (χ4n) is 3.09. The van der Waals surface area contributed by atoms with E-state index in [1.165, 1.54) is 5.56 Å². The molecule has 28 heavy (non-hydrogen) atoms. The van der Waals surface area contributed by atoms with Crippen LogP contribution in [0.25, 0.3) is 0 Å².